The van der Waals surface area contributed by atoms with Crippen LogP contribution in [0.4, 0.5) is 0 Å². The highest BCUT2D eigenvalue weighted by Crippen LogP contribution is 2.22. The highest BCUT2D eigenvalue weighted by atomic mass is 16.3. The first-order chi connectivity index (χ1) is 8.98. The number of likely N-dealkylation sites (tertiary alicyclic amines) is 1. The second-order valence-corrected chi connectivity index (χ2v) is 5.93. The second kappa shape index (κ2) is 5.85. The van der Waals surface area contributed by atoms with Gasteiger partial charge in [-0.3, -0.25) is 4.79 Å². The van der Waals surface area contributed by atoms with E-state index in [2.05, 4.69) is 4.90 Å². The van der Waals surface area contributed by atoms with Crippen molar-refractivity contribution in [1.82, 2.24) is 4.90 Å². The number of Topliss-reactive ketones (excluding diaryl/α,β-unsaturated/α-hetero) is 1. The Morgan fingerprint density at radius 1 is 1.32 bits per heavy atom. The van der Waals surface area contributed by atoms with Crippen molar-refractivity contribution < 1.29 is 9.90 Å². The summed E-state index contributed by atoms with van der Waals surface area (Å²) in [5.41, 5.74) is 0.266. The predicted molar refractivity (Wildman–Crippen MR) is 76.2 cm³/mol. The zero-order valence-electron chi connectivity index (χ0n) is 11.8. The van der Waals surface area contributed by atoms with E-state index in [4.69, 9.17) is 0 Å². The van der Waals surface area contributed by atoms with Crippen molar-refractivity contribution in [3.63, 3.8) is 0 Å². The molecule has 0 aliphatic carbocycles. The maximum absolute atomic E-state index is 12.3. The number of rotatable bonds is 4. The van der Waals surface area contributed by atoms with Crippen LogP contribution in [0.3, 0.4) is 0 Å². The van der Waals surface area contributed by atoms with Gasteiger partial charge in [0, 0.05) is 31.1 Å². The summed E-state index contributed by atoms with van der Waals surface area (Å²) in [6.45, 7) is 6.41. The third-order valence-corrected chi connectivity index (χ3v) is 3.97. The Balaban J connectivity index is 1.88. The van der Waals surface area contributed by atoms with Gasteiger partial charge in [-0.05, 0) is 19.8 Å². The molecule has 0 saturated carbocycles. The van der Waals surface area contributed by atoms with Crippen molar-refractivity contribution in [2.24, 2.45) is 5.92 Å². The van der Waals surface area contributed by atoms with Crippen molar-refractivity contribution in [3.8, 4) is 0 Å². The Hall–Kier alpha value is -1.19. The van der Waals surface area contributed by atoms with Gasteiger partial charge in [0.1, 0.15) is 0 Å². The predicted octanol–water partition coefficient (Wildman–Crippen LogP) is 2.35. The van der Waals surface area contributed by atoms with E-state index >= 15 is 0 Å². The second-order valence-electron chi connectivity index (χ2n) is 5.93. The number of nitrogens with zero attached hydrogens (tertiary/aromatic N) is 1. The van der Waals surface area contributed by atoms with Gasteiger partial charge in [-0.2, -0.15) is 0 Å². The number of carbonyl (C=O) groups is 1. The first-order valence-electron chi connectivity index (χ1n) is 7.02. The van der Waals surface area contributed by atoms with Gasteiger partial charge in [-0.25, -0.2) is 0 Å². The minimum absolute atomic E-state index is 0.00505. The van der Waals surface area contributed by atoms with E-state index in [1.165, 1.54) is 0 Å². The molecule has 1 aromatic rings. The van der Waals surface area contributed by atoms with Gasteiger partial charge in [0.05, 0.1) is 5.60 Å². The van der Waals surface area contributed by atoms with Gasteiger partial charge in [-0.15, -0.1) is 0 Å². The largest absolute Gasteiger partial charge is 0.390 e. The summed E-state index contributed by atoms with van der Waals surface area (Å²) < 4.78 is 0. The summed E-state index contributed by atoms with van der Waals surface area (Å²) in [6, 6.07) is 9.48. The van der Waals surface area contributed by atoms with E-state index in [1.807, 2.05) is 44.2 Å². The van der Waals surface area contributed by atoms with Gasteiger partial charge in [0.25, 0.3) is 0 Å². The van der Waals surface area contributed by atoms with Crippen LogP contribution in [0.2, 0.25) is 0 Å². The van der Waals surface area contributed by atoms with Crippen LogP contribution < -0.4 is 0 Å². The minimum Gasteiger partial charge on any atom is -0.390 e. The standard InChI is InChI=1S/C16H23NO2/c1-13(15(18)14-6-4-3-5-7-14)12-17-10-8-16(2,19)9-11-17/h3-7,13,19H,8-12H2,1-2H3. The molecule has 1 atom stereocenters. The van der Waals surface area contributed by atoms with Crippen molar-refractivity contribution in [3.05, 3.63) is 35.9 Å². The molecule has 19 heavy (non-hydrogen) atoms. The average molecular weight is 261 g/mol. The minimum atomic E-state index is -0.525. The molecule has 0 bridgehead atoms. The molecular weight excluding hydrogens is 238 g/mol. The lowest BCUT2D eigenvalue weighted by Crippen LogP contribution is -2.44. The zero-order valence-corrected chi connectivity index (χ0v) is 11.8. The lowest BCUT2D eigenvalue weighted by Gasteiger charge is -2.36. The first kappa shape index (κ1) is 14.2. The van der Waals surface area contributed by atoms with Crippen molar-refractivity contribution in [1.29, 1.82) is 0 Å². The molecule has 1 fully saturated rings. The smallest absolute Gasteiger partial charge is 0.166 e. The van der Waals surface area contributed by atoms with Crippen LogP contribution in [0.25, 0.3) is 0 Å². The van der Waals surface area contributed by atoms with Crippen LogP contribution in [-0.2, 0) is 0 Å². The van der Waals surface area contributed by atoms with Gasteiger partial charge in [0.15, 0.2) is 5.78 Å². The van der Waals surface area contributed by atoms with E-state index in [0.29, 0.717) is 0 Å². The van der Waals surface area contributed by atoms with E-state index in [0.717, 1.165) is 38.0 Å². The number of ketones is 1. The molecule has 1 heterocycles. The lowest BCUT2D eigenvalue weighted by molar-refractivity contribution is -0.00755. The molecule has 1 aromatic carbocycles. The quantitative estimate of drug-likeness (QED) is 0.846. The summed E-state index contributed by atoms with van der Waals surface area (Å²) in [4.78, 5) is 14.6. The van der Waals surface area contributed by atoms with Crippen molar-refractivity contribution >= 4 is 5.78 Å². The molecule has 1 N–H and O–H groups in total. The fourth-order valence-electron chi connectivity index (χ4n) is 2.57. The van der Waals surface area contributed by atoms with E-state index < -0.39 is 5.60 Å². The molecule has 1 unspecified atom stereocenters. The van der Waals surface area contributed by atoms with Crippen molar-refractivity contribution in [2.45, 2.75) is 32.3 Å². The first-order valence-corrected chi connectivity index (χ1v) is 7.02. The summed E-state index contributed by atoms with van der Waals surface area (Å²) in [7, 11) is 0. The normalized spacial score (nSPS) is 21.0. The van der Waals surface area contributed by atoms with Crippen LogP contribution in [0, 0.1) is 5.92 Å². The fraction of sp³-hybridized carbons (Fsp3) is 0.562. The summed E-state index contributed by atoms with van der Waals surface area (Å²) in [5.74, 6) is 0.211. The lowest BCUT2D eigenvalue weighted by atomic mass is 9.92. The van der Waals surface area contributed by atoms with Crippen LogP contribution in [0.15, 0.2) is 30.3 Å². The molecule has 3 nitrogen and oxygen atoms in total. The summed E-state index contributed by atoms with van der Waals surface area (Å²) >= 11 is 0. The molecule has 104 valence electrons. The van der Waals surface area contributed by atoms with E-state index in [1.54, 1.807) is 0 Å². The van der Waals surface area contributed by atoms with Gasteiger partial charge >= 0.3 is 0 Å². The maximum Gasteiger partial charge on any atom is 0.166 e. The molecule has 3 heteroatoms. The molecular formula is C16H23NO2. The maximum atomic E-state index is 12.3. The molecule has 1 aliphatic rings. The van der Waals surface area contributed by atoms with Crippen molar-refractivity contribution in [2.75, 3.05) is 19.6 Å². The fourth-order valence-corrected chi connectivity index (χ4v) is 2.57. The van der Waals surface area contributed by atoms with Crippen LogP contribution in [0.1, 0.15) is 37.0 Å². The highest BCUT2D eigenvalue weighted by Gasteiger charge is 2.28. The van der Waals surface area contributed by atoms with Crippen LogP contribution in [0.5, 0.6) is 0 Å². The number of benzene rings is 1. The molecule has 1 aliphatic heterocycles. The Morgan fingerprint density at radius 3 is 2.47 bits per heavy atom. The topological polar surface area (TPSA) is 40.5 Å². The van der Waals surface area contributed by atoms with E-state index in [9.17, 15) is 9.90 Å². The number of hydrogen-bond acceptors (Lipinski definition) is 3. The van der Waals surface area contributed by atoms with Gasteiger partial charge in [0.2, 0.25) is 0 Å². The third kappa shape index (κ3) is 3.88. The third-order valence-electron chi connectivity index (χ3n) is 3.97. The average Bonchev–Trinajstić information content (AvgIpc) is 2.41. The molecule has 0 amide bonds. The molecule has 2 rings (SSSR count). The Morgan fingerprint density at radius 2 is 1.89 bits per heavy atom. The molecule has 0 radical (unpaired) electrons. The van der Waals surface area contributed by atoms with Gasteiger partial charge in [-0.1, -0.05) is 37.3 Å². The monoisotopic (exact) mass is 261 g/mol. The number of piperidine rings is 1. The summed E-state index contributed by atoms with van der Waals surface area (Å²) in [6.07, 6.45) is 1.58. The molecule has 0 aromatic heterocycles. The Kier molecular flexibility index (Phi) is 4.38. The number of carbonyl (C=O) groups excluding carboxylic acids is 1. The Bertz CT molecular complexity index is 418. The van der Waals surface area contributed by atoms with Crippen LogP contribution >= 0.6 is 0 Å². The Labute approximate surface area is 115 Å². The zero-order chi connectivity index (χ0) is 13.9. The highest BCUT2D eigenvalue weighted by molar-refractivity contribution is 5.97. The summed E-state index contributed by atoms with van der Waals surface area (Å²) in [5, 5.41) is 9.92. The number of aliphatic hydroxyl groups is 1. The number of hydrogen-bond donors (Lipinski definition) is 1. The molecule has 1 saturated heterocycles. The van der Waals surface area contributed by atoms with Crippen LogP contribution in [-0.4, -0.2) is 41.0 Å². The SMILES string of the molecule is CC(CN1CCC(C)(O)CC1)C(=O)c1ccccc1. The molecule has 0 spiro atoms. The van der Waals surface area contributed by atoms with Gasteiger partial charge < -0.3 is 10.0 Å². The van der Waals surface area contributed by atoms with E-state index in [-0.39, 0.29) is 11.7 Å².